The van der Waals surface area contributed by atoms with Crippen molar-refractivity contribution >= 4 is 0 Å². The van der Waals surface area contributed by atoms with E-state index < -0.39 is 37.1 Å². The van der Waals surface area contributed by atoms with Crippen molar-refractivity contribution in [3.8, 4) is 0 Å². The highest BCUT2D eigenvalue weighted by Crippen LogP contribution is 2.21. The van der Waals surface area contributed by atoms with Crippen molar-refractivity contribution in [2.45, 2.75) is 43.7 Å². The molecule has 0 saturated heterocycles. The zero-order chi connectivity index (χ0) is 12.1. The second-order valence-electron chi connectivity index (χ2n) is 3.70. The molecule has 0 aliphatic rings. The largest absolute Gasteiger partial charge is 0.394 e. The summed E-state index contributed by atoms with van der Waals surface area (Å²) in [6.45, 7) is 0.283. The molecular weight excluding hydrogens is 204 g/mol. The smallest absolute Gasteiger partial charge is 0.116 e. The number of hydrogen-bond donors (Lipinski definition) is 6. The van der Waals surface area contributed by atoms with Crippen molar-refractivity contribution < 1.29 is 30.6 Å². The Bertz CT molecular complexity index is 176. The maximum absolute atomic E-state index is 9.75. The van der Waals surface area contributed by atoms with Gasteiger partial charge in [-0.05, 0) is 6.42 Å². The third-order valence-corrected chi connectivity index (χ3v) is 2.41. The number of rotatable bonds is 7. The van der Waals surface area contributed by atoms with Crippen LogP contribution >= 0.6 is 0 Å². The SMILES string of the molecule is CCCC(O)(CO)C(O)C(O)C(O)CO. The predicted molar refractivity (Wildman–Crippen MR) is 52.0 cm³/mol. The molecule has 0 rings (SSSR count). The second-order valence-corrected chi connectivity index (χ2v) is 3.70. The summed E-state index contributed by atoms with van der Waals surface area (Å²) in [4.78, 5) is 0. The Morgan fingerprint density at radius 2 is 1.67 bits per heavy atom. The van der Waals surface area contributed by atoms with Crippen LogP contribution in [0.15, 0.2) is 0 Å². The molecular formula is C9H20O6. The van der Waals surface area contributed by atoms with Crippen LogP contribution in [-0.4, -0.2) is 67.8 Å². The minimum absolute atomic E-state index is 0.0832. The quantitative estimate of drug-likeness (QED) is 0.286. The van der Waals surface area contributed by atoms with Gasteiger partial charge in [-0.1, -0.05) is 13.3 Å². The minimum Gasteiger partial charge on any atom is -0.394 e. The minimum atomic E-state index is -1.86. The lowest BCUT2D eigenvalue weighted by atomic mass is 9.87. The maximum Gasteiger partial charge on any atom is 0.116 e. The van der Waals surface area contributed by atoms with Crippen molar-refractivity contribution in [1.29, 1.82) is 0 Å². The van der Waals surface area contributed by atoms with Gasteiger partial charge in [-0.25, -0.2) is 0 Å². The molecule has 0 aliphatic heterocycles. The number of aliphatic hydroxyl groups excluding tert-OH is 5. The van der Waals surface area contributed by atoms with Gasteiger partial charge in [0.25, 0.3) is 0 Å². The monoisotopic (exact) mass is 224 g/mol. The molecule has 0 aromatic rings. The highest BCUT2D eigenvalue weighted by molar-refractivity contribution is 4.92. The first-order valence-electron chi connectivity index (χ1n) is 4.91. The van der Waals surface area contributed by atoms with Crippen LogP contribution in [0.5, 0.6) is 0 Å². The van der Waals surface area contributed by atoms with E-state index in [0.717, 1.165) is 0 Å². The van der Waals surface area contributed by atoms with Gasteiger partial charge in [0.05, 0.1) is 13.2 Å². The van der Waals surface area contributed by atoms with E-state index in [1.165, 1.54) is 0 Å². The number of aliphatic hydroxyl groups is 6. The van der Waals surface area contributed by atoms with Crippen LogP contribution in [0.4, 0.5) is 0 Å². The lowest BCUT2D eigenvalue weighted by Crippen LogP contribution is -2.55. The van der Waals surface area contributed by atoms with Gasteiger partial charge in [-0.15, -0.1) is 0 Å². The number of hydrogen-bond acceptors (Lipinski definition) is 6. The first kappa shape index (κ1) is 14.8. The summed E-state index contributed by atoms with van der Waals surface area (Å²) in [5, 5.41) is 55.2. The summed E-state index contributed by atoms with van der Waals surface area (Å²) in [6, 6.07) is 0. The summed E-state index contributed by atoms with van der Waals surface area (Å²) >= 11 is 0. The van der Waals surface area contributed by atoms with Gasteiger partial charge in [0, 0.05) is 0 Å². The molecule has 0 spiro atoms. The van der Waals surface area contributed by atoms with Crippen LogP contribution in [0.2, 0.25) is 0 Å². The van der Waals surface area contributed by atoms with Gasteiger partial charge in [0.15, 0.2) is 0 Å². The second kappa shape index (κ2) is 6.37. The van der Waals surface area contributed by atoms with Gasteiger partial charge in [0.2, 0.25) is 0 Å². The molecule has 92 valence electrons. The van der Waals surface area contributed by atoms with Crippen molar-refractivity contribution in [1.82, 2.24) is 0 Å². The summed E-state index contributed by atoms with van der Waals surface area (Å²) in [5.74, 6) is 0. The molecule has 0 aliphatic carbocycles. The Kier molecular flexibility index (Phi) is 6.26. The molecule has 6 nitrogen and oxygen atoms in total. The fraction of sp³-hybridized carbons (Fsp3) is 1.00. The van der Waals surface area contributed by atoms with E-state index in [-0.39, 0.29) is 6.42 Å². The van der Waals surface area contributed by atoms with E-state index in [2.05, 4.69) is 0 Å². The molecule has 0 heterocycles. The van der Waals surface area contributed by atoms with E-state index in [4.69, 9.17) is 15.3 Å². The molecule has 4 atom stereocenters. The van der Waals surface area contributed by atoms with Crippen LogP contribution in [0.3, 0.4) is 0 Å². The van der Waals surface area contributed by atoms with Crippen LogP contribution < -0.4 is 0 Å². The Labute approximate surface area is 88.4 Å². The fourth-order valence-corrected chi connectivity index (χ4v) is 1.39. The Hall–Kier alpha value is -0.240. The fourth-order valence-electron chi connectivity index (χ4n) is 1.39. The van der Waals surface area contributed by atoms with E-state index in [1.54, 1.807) is 6.92 Å². The van der Waals surface area contributed by atoms with Crippen molar-refractivity contribution in [3.63, 3.8) is 0 Å². The summed E-state index contributed by atoms with van der Waals surface area (Å²) < 4.78 is 0. The van der Waals surface area contributed by atoms with Crippen LogP contribution in [0.1, 0.15) is 19.8 Å². The molecule has 6 N–H and O–H groups in total. The van der Waals surface area contributed by atoms with Gasteiger partial charge >= 0.3 is 0 Å². The molecule has 0 aromatic heterocycles. The predicted octanol–water partition coefficient (Wildman–Crippen LogP) is -2.42. The Balaban J connectivity index is 4.55. The topological polar surface area (TPSA) is 121 Å². The van der Waals surface area contributed by atoms with Crippen molar-refractivity contribution in [3.05, 3.63) is 0 Å². The third kappa shape index (κ3) is 3.67. The molecule has 0 amide bonds. The molecule has 0 saturated carbocycles. The highest BCUT2D eigenvalue weighted by atomic mass is 16.4. The third-order valence-electron chi connectivity index (χ3n) is 2.41. The molecule has 0 radical (unpaired) electrons. The Morgan fingerprint density at radius 1 is 1.13 bits per heavy atom. The van der Waals surface area contributed by atoms with E-state index in [0.29, 0.717) is 6.42 Å². The molecule has 0 fully saturated rings. The zero-order valence-electron chi connectivity index (χ0n) is 8.74. The van der Waals surface area contributed by atoms with Crippen molar-refractivity contribution in [2.24, 2.45) is 0 Å². The van der Waals surface area contributed by atoms with Gasteiger partial charge in [-0.2, -0.15) is 0 Å². The first-order chi connectivity index (χ1) is 6.92. The zero-order valence-corrected chi connectivity index (χ0v) is 8.74. The van der Waals surface area contributed by atoms with Crippen LogP contribution in [0.25, 0.3) is 0 Å². The molecule has 4 unspecified atom stereocenters. The summed E-state index contributed by atoms with van der Waals surface area (Å²) in [5.41, 5.74) is -1.86. The normalized spacial score (nSPS) is 21.8. The highest BCUT2D eigenvalue weighted by Gasteiger charge is 2.41. The molecule has 0 aromatic carbocycles. The van der Waals surface area contributed by atoms with Gasteiger partial charge in [-0.3, -0.25) is 0 Å². The van der Waals surface area contributed by atoms with Gasteiger partial charge < -0.3 is 30.6 Å². The Morgan fingerprint density at radius 3 is 2.00 bits per heavy atom. The van der Waals surface area contributed by atoms with Gasteiger partial charge in [0.1, 0.15) is 23.9 Å². The lowest BCUT2D eigenvalue weighted by molar-refractivity contribution is -0.175. The first-order valence-corrected chi connectivity index (χ1v) is 4.91. The average Bonchev–Trinajstić information content (AvgIpc) is 2.26. The standard InChI is InChI=1S/C9H20O6/c1-2-3-9(15,5-11)8(14)7(13)6(12)4-10/h6-8,10-15H,2-5H2,1H3. The van der Waals surface area contributed by atoms with Crippen LogP contribution in [0, 0.1) is 0 Å². The summed E-state index contributed by atoms with van der Waals surface area (Å²) in [7, 11) is 0. The van der Waals surface area contributed by atoms with E-state index >= 15 is 0 Å². The van der Waals surface area contributed by atoms with Crippen molar-refractivity contribution in [2.75, 3.05) is 13.2 Å². The summed E-state index contributed by atoms with van der Waals surface area (Å²) in [6.07, 6.45) is -4.37. The molecule has 15 heavy (non-hydrogen) atoms. The van der Waals surface area contributed by atoms with E-state index in [1.807, 2.05) is 0 Å². The van der Waals surface area contributed by atoms with E-state index in [9.17, 15) is 15.3 Å². The maximum atomic E-state index is 9.75. The molecule has 0 bridgehead atoms. The van der Waals surface area contributed by atoms with Crippen LogP contribution in [-0.2, 0) is 0 Å². The average molecular weight is 224 g/mol. The molecule has 6 heteroatoms. The lowest BCUT2D eigenvalue weighted by Gasteiger charge is -2.35.